The standard InChI is InChI=1S/C13H26N2O/c1-14-12-6-3-7-13(12)15(2)9-11-5-4-8-16-10-11/h11-14H,3-10H2,1-2H3. The van der Waals surface area contributed by atoms with Gasteiger partial charge in [-0.05, 0) is 45.7 Å². The van der Waals surface area contributed by atoms with Gasteiger partial charge in [-0.3, -0.25) is 0 Å². The average Bonchev–Trinajstić information content (AvgIpc) is 2.78. The average molecular weight is 226 g/mol. The van der Waals surface area contributed by atoms with E-state index in [2.05, 4.69) is 24.3 Å². The molecule has 2 aliphatic rings. The lowest BCUT2D eigenvalue weighted by molar-refractivity contribution is 0.0348. The molecule has 0 aromatic heterocycles. The quantitative estimate of drug-likeness (QED) is 0.786. The van der Waals surface area contributed by atoms with Crippen LogP contribution in [0.25, 0.3) is 0 Å². The Morgan fingerprint density at radius 2 is 2.12 bits per heavy atom. The Kier molecular flexibility index (Phi) is 4.62. The lowest BCUT2D eigenvalue weighted by atomic mass is 10.0. The summed E-state index contributed by atoms with van der Waals surface area (Å²) in [6.07, 6.45) is 6.67. The van der Waals surface area contributed by atoms with E-state index in [4.69, 9.17) is 4.74 Å². The Morgan fingerprint density at radius 3 is 2.81 bits per heavy atom. The second-order valence-corrected chi connectivity index (χ2v) is 5.42. The van der Waals surface area contributed by atoms with Crippen LogP contribution < -0.4 is 5.32 Å². The Hall–Kier alpha value is -0.120. The molecule has 3 atom stereocenters. The van der Waals surface area contributed by atoms with Gasteiger partial charge >= 0.3 is 0 Å². The molecule has 1 heterocycles. The summed E-state index contributed by atoms with van der Waals surface area (Å²) >= 11 is 0. The molecule has 0 amide bonds. The molecular weight excluding hydrogens is 200 g/mol. The Bertz CT molecular complexity index is 204. The fourth-order valence-electron chi connectivity index (χ4n) is 3.30. The van der Waals surface area contributed by atoms with Gasteiger partial charge in [0, 0.05) is 25.2 Å². The van der Waals surface area contributed by atoms with Crippen molar-refractivity contribution in [1.82, 2.24) is 10.2 Å². The topological polar surface area (TPSA) is 24.5 Å². The van der Waals surface area contributed by atoms with Crippen LogP contribution in [-0.4, -0.2) is 50.8 Å². The maximum Gasteiger partial charge on any atom is 0.0506 e. The summed E-state index contributed by atoms with van der Waals surface area (Å²) in [5.41, 5.74) is 0. The molecule has 0 bridgehead atoms. The van der Waals surface area contributed by atoms with Crippen LogP contribution >= 0.6 is 0 Å². The summed E-state index contributed by atoms with van der Waals surface area (Å²) in [6.45, 7) is 3.16. The fraction of sp³-hybridized carbons (Fsp3) is 1.00. The molecule has 1 N–H and O–H groups in total. The maximum atomic E-state index is 5.56. The molecule has 1 aliphatic heterocycles. The van der Waals surface area contributed by atoms with Crippen molar-refractivity contribution in [2.45, 2.75) is 44.2 Å². The predicted molar refractivity (Wildman–Crippen MR) is 66.7 cm³/mol. The highest BCUT2D eigenvalue weighted by atomic mass is 16.5. The molecule has 16 heavy (non-hydrogen) atoms. The first-order valence-electron chi connectivity index (χ1n) is 6.76. The molecule has 0 aromatic carbocycles. The molecule has 2 fully saturated rings. The number of hydrogen-bond donors (Lipinski definition) is 1. The van der Waals surface area contributed by atoms with Gasteiger partial charge in [0.05, 0.1) is 6.61 Å². The molecule has 2 rings (SSSR count). The summed E-state index contributed by atoms with van der Waals surface area (Å²) in [6, 6.07) is 1.45. The molecule has 0 radical (unpaired) electrons. The molecule has 3 heteroatoms. The molecule has 3 unspecified atom stereocenters. The van der Waals surface area contributed by atoms with Gasteiger partial charge in [0.2, 0.25) is 0 Å². The van der Waals surface area contributed by atoms with Crippen molar-refractivity contribution >= 4 is 0 Å². The summed E-state index contributed by atoms with van der Waals surface area (Å²) in [5, 5.41) is 3.46. The molecule has 0 aromatic rings. The van der Waals surface area contributed by atoms with Gasteiger partial charge < -0.3 is 15.0 Å². The SMILES string of the molecule is CNC1CCCC1N(C)CC1CCCOC1. The molecule has 3 nitrogen and oxygen atoms in total. The minimum absolute atomic E-state index is 0.703. The number of hydrogen-bond acceptors (Lipinski definition) is 3. The zero-order valence-corrected chi connectivity index (χ0v) is 10.7. The van der Waals surface area contributed by atoms with Gasteiger partial charge in [-0.25, -0.2) is 0 Å². The van der Waals surface area contributed by atoms with Crippen molar-refractivity contribution in [3.63, 3.8) is 0 Å². The smallest absolute Gasteiger partial charge is 0.0506 e. The number of likely N-dealkylation sites (N-methyl/N-ethyl adjacent to an activating group) is 2. The number of ether oxygens (including phenoxy) is 1. The molecular formula is C13H26N2O. The monoisotopic (exact) mass is 226 g/mol. The van der Waals surface area contributed by atoms with Crippen LogP contribution in [0.15, 0.2) is 0 Å². The highest BCUT2D eigenvalue weighted by Gasteiger charge is 2.30. The Morgan fingerprint density at radius 1 is 1.25 bits per heavy atom. The van der Waals surface area contributed by atoms with Crippen LogP contribution in [0.4, 0.5) is 0 Å². The second-order valence-electron chi connectivity index (χ2n) is 5.42. The number of nitrogens with one attached hydrogen (secondary N) is 1. The summed E-state index contributed by atoms with van der Waals surface area (Å²) in [4.78, 5) is 2.56. The van der Waals surface area contributed by atoms with Crippen LogP contribution in [0.3, 0.4) is 0 Å². The molecule has 1 saturated carbocycles. The maximum absolute atomic E-state index is 5.56. The van der Waals surface area contributed by atoms with E-state index >= 15 is 0 Å². The number of rotatable bonds is 4. The van der Waals surface area contributed by atoms with Crippen molar-refractivity contribution in [2.24, 2.45) is 5.92 Å². The second kappa shape index (κ2) is 5.99. The third kappa shape index (κ3) is 2.96. The van der Waals surface area contributed by atoms with E-state index in [1.165, 1.54) is 38.6 Å². The van der Waals surface area contributed by atoms with E-state index in [1.54, 1.807) is 0 Å². The Balaban J connectivity index is 1.79. The Labute approximate surface area is 99.5 Å². The third-order valence-corrected chi connectivity index (χ3v) is 4.22. The lowest BCUT2D eigenvalue weighted by Gasteiger charge is -2.33. The van der Waals surface area contributed by atoms with Crippen molar-refractivity contribution in [3.8, 4) is 0 Å². The zero-order chi connectivity index (χ0) is 11.4. The van der Waals surface area contributed by atoms with E-state index in [0.29, 0.717) is 6.04 Å². The summed E-state index contributed by atoms with van der Waals surface area (Å²) < 4.78 is 5.56. The van der Waals surface area contributed by atoms with Crippen molar-refractivity contribution < 1.29 is 4.74 Å². The van der Waals surface area contributed by atoms with E-state index in [0.717, 1.165) is 25.2 Å². The van der Waals surface area contributed by atoms with E-state index in [-0.39, 0.29) is 0 Å². The predicted octanol–water partition coefficient (Wildman–Crippen LogP) is 1.49. The first-order valence-corrected chi connectivity index (χ1v) is 6.76. The van der Waals surface area contributed by atoms with Gasteiger partial charge in [-0.15, -0.1) is 0 Å². The van der Waals surface area contributed by atoms with Crippen molar-refractivity contribution in [1.29, 1.82) is 0 Å². The molecule has 94 valence electrons. The van der Waals surface area contributed by atoms with Gasteiger partial charge in [-0.1, -0.05) is 6.42 Å². The highest BCUT2D eigenvalue weighted by Crippen LogP contribution is 2.25. The van der Waals surface area contributed by atoms with Gasteiger partial charge in [0.1, 0.15) is 0 Å². The van der Waals surface area contributed by atoms with Crippen molar-refractivity contribution in [2.75, 3.05) is 33.9 Å². The van der Waals surface area contributed by atoms with Gasteiger partial charge in [0.15, 0.2) is 0 Å². The molecule has 1 saturated heterocycles. The van der Waals surface area contributed by atoms with Gasteiger partial charge in [-0.2, -0.15) is 0 Å². The van der Waals surface area contributed by atoms with Crippen LogP contribution in [0.5, 0.6) is 0 Å². The first-order chi connectivity index (χ1) is 7.81. The van der Waals surface area contributed by atoms with Crippen LogP contribution in [-0.2, 0) is 4.74 Å². The van der Waals surface area contributed by atoms with E-state index in [1.807, 2.05) is 0 Å². The summed E-state index contributed by atoms with van der Waals surface area (Å²) in [7, 11) is 4.38. The first kappa shape index (κ1) is 12.3. The number of nitrogens with zero attached hydrogens (tertiary/aromatic N) is 1. The fourth-order valence-corrected chi connectivity index (χ4v) is 3.30. The van der Waals surface area contributed by atoms with E-state index < -0.39 is 0 Å². The van der Waals surface area contributed by atoms with Gasteiger partial charge in [0.25, 0.3) is 0 Å². The molecule has 1 aliphatic carbocycles. The highest BCUT2D eigenvalue weighted by molar-refractivity contribution is 4.89. The van der Waals surface area contributed by atoms with Crippen LogP contribution in [0.2, 0.25) is 0 Å². The van der Waals surface area contributed by atoms with E-state index in [9.17, 15) is 0 Å². The van der Waals surface area contributed by atoms with Crippen molar-refractivity contribution in [3.05, 3.63) is 0 Å². The lowest BCUT2D eigenvalue weighted by Crippen LogP contribution is -2.46. The minimum Gasteiger partial charge on any atom is -0.381 e. The minimum atomic E-state index is 0.703. The summed E-state index contributed by atoms with van der Waals surface area (Å²) in [5.74, 6) is 0.761. The largest absolute Gasteiger partial charge is 0.381 e. The zero-order valence-electron chi connectivity index (χ0n) is 10.7. The van der Waals surface area contributed by atoms with Crippen LogP contribution in [0, 0.1) is 5.92 Å². The normalized spacial score (nSPS) is 35.8. The third-order valence-electron chi connectivity index (χ3n) is 4.22. The molecule has 0 spiro atoms. The van der Waals surface area contributed by atoms with Crippen LogP contribution in [0.1, 0.15) is 32.1 Å².